The van der Waals surface area contributed by atoms with Crippen LogP contribution >= 0.6 is 0 Å². The van der Waals surface area contributed by atoms with Crippen molar-refractivity contribution in [2.24, 2.45) is 5.92 Å². The maximum atomic E-state index is 11.6. The minimum absolute atomic E-state index is 0.0389. The summed E-state index contributed by atoms with van der Waals surface area (Å²) >= 11 is 0. The van der Waals surface area contributed by atoms with Crippen LogP contribution in [0, 0.1) is 5.92 Å². The molecule has 0 saturated heterocycles. The van der Waals surface area contributed by atoms with Crippen molar-refractivity contribution in [2.75, 3.05) is 18.2 Å². The fourth-order valence-electron chi connectivity index (χ4n) is 4.26. The third kappa shape index (κ3) is 5.86. The summed E-state index contributed by atoms with van der Waals surface area (Å²) < 4.78 is 4.80. The van der Waals surface area contributed by atoms with Gasteiger partial charge in [-0.05, 0) is 62.6 Å². The maximum Gasteiger partial charge on any atom is 0.306 e. The summed E-state index contributed by atoms with van der Waals surface area (Å²) in [5.41, 5.74) is 8.06. The predicted octanol–water partition coefficient (Wildman–Crippen LogP) is 4.46. The molecule has 1 aromatic carbocycles. The number of carbonyl (C=O) groups excluding carboxylic acids is 1. The first-order valence-corrected chi connectivity index (χ1v) is 10.2. The van der Waals surface area contributed by atoms with Gasteiger partial charge in [0.15, 0.2) is 0 Å². The van der Waals surface area contributed by atoms with Crippen molar-refractivity contribution in [3.05, 3.63) is 23.8 Å². The van der Waals surface area contributed by atoms with Crippen molar-refractivity contribution in [1.82, 2.24) is 0 Å². The third-order valence-corrected chi connectivity index (χ3v) is 5.87. The summed E-state index contributed by atoms with van der Waals surface area (Å²) in [6.45, 7) is 5.80. The molecule has 1 aliphatic rings. The molecule has 152 valence electrons. The number of benzene rings is 1. The topological polar surface area (TPSA) is 84.6 Å². The lowest BCUT2D eigenvalue weighted by Gasteiger charge is -2.39. The van der Waals surface area contributed by atoms with Gasteiger partial charge in [-0.15, -0.1) is 0 Å². The van der Waals surface area contributed by atoms with Crippen molar-refractivity contribution in [1.29, 1.82) is 0 Å². The van der Waals surface area contributed by atoms with Crippen LogP contribution in [-0.4, -0.2) is 29.8 Å². The molecule has 1 fully saturated rings. The first-order chi connectivity index (χ1) is 12.8. The average Bonchev–Trinajstić information content (AvgIpc) is 2.64. The first kappa shape index (κ1) is 21.5. The van der Waals surface area contributed by atoms with Gasteiger partial charge in [-0.25, -0.2) is 0 Å². The van der Waals surface area contributed by atoms with Crippen LogP contribution in [0.4, 0.5) is 11.4 Å². The van der Waals surface area contributed by atoms with Gasteiger partial charge in [0, 0.05) is 0 Å². The van der Waals surface area contributed by atoms with E-state index >= 15 is 0 Å². The van der Waals surface area contributed by atoms with Crippen molar-refractivity contribution >= 4 is 17.3 Å². The number of methoxy groups -OCH3 is 1. The number of nitrogen functional groups attached to an aromatic ring is 1. The predicted molar refractivity (Wildman–Crippen MR) is 111 cm³/mol. The number of nitrogens with two attached hydrogens (primary N) is 1. The van der Waals surface area contributed by atoms with Crippen LogP contribution in [-0.2, 0) is 9.53 Å². The van der Waals surface area contributed by atoms with Crippen molar-refractivity contribution in [3.8, 4) is 0 Å². The van der Waals surface area contributed by atoms with Crippen LogP contribution in [0.1, 0.15) is 77.2 Å². The second-order valence-electron chi connectivity index (χ2n) is 8.41. The summed E-state index contributed by atoms with van der Waals surface area (Å²) in [6, 6.07) is 5.91. The molecule has 0 aliphatic heterocycles. The van der Waals surface area contributed by atoms with Gasteiger partial charge in [-0.2, -0.15) is 0 Å². The van der Waals surface area contributed by atoms with Gasteiger partial charge < -0.3 is 20.9 Å². The number of hydrogen-bond acceptors (Lipinski definition) is 5. The standard InChI is InChI=1S/C22H36N2O3/c1-5-15(14-20(25)27-4)17-11-12-19(18(23)13-17)24-21(22(2,3)26)16-9-7-6-8-10-16/h11-13,15-16,21,24,26H,5-10,14,23H2,1-4H3/t15-,21-/m1/s1. The van der Waals surface area contributed by atoms with Crippen molar-refractivity contribution < 1.29 is 14.6 Å². The number of esters is 1. The molecule has 5 nitrogen and oxygen atoms in total. The Kier molecular flexibility index (Phi) is 7.54. The van der Waals surface area contributed by atoms with E-state index in [1.165, 1.54) is 26.4 Å². The van der Waals surface area contributed by atoms with E-state index in [0.717, 1.165) is 30.5 Å². The van der Waals surface area contributed by atoms with Crippen LogP contribution in [0.25, 0.3) is 0 Å². The fourth-order valence-corrected chi connectivity index (χ4v) is 4.26. The van der Waals surface area contributed by atoms with E-state index in [2.05, 4.69) is 12.2 Å². The number of nitrogens with one attached hydrogen (secondary N) is 1. The molecule has 0 heterocycles. The lowest BCUT2D eigenvalue weighted by Crippen LogP contribution is -2.47. The SMILES string of the molecule is CC[C@H](CC(=O)OC)c1ccc(N[C@H](C2CCCCC2)C(C)(C)O)c(N)c1. The second-order valence-corrected chi connectivity index (χ2v) is 8.41. The smallest absolute Gasteiger partial charge is 0.306 e. The minimum atomic E-state index is -0.829. The number of aliphatic hydroxyl groups is 1. The molecule has 2 atom stereocenters. The monoisotopic (exact) mass is 376 g/mol. The molecule has 1 aliphatic carbocycles. The molecule has 0 radical (unpaired) electrons. The summed E-state index contributed by atoms with van der Waals surface area (Å²) in [5, 5.41) is 14.3. The molecule has 2 rings (SSSR count). The van der Waals surface area contributed by atoms with E-state index in [9.17, 15) is 9.90 Å². The molecule has 0 amide bonds. The first-order valence-electron chi connectivity index (χ1n) is 10.2. The van der Waals surface area contributed by atoms with E-state index in [-0.39, 0.29) is 17.9 Å². The molecule has 1 saturated carbocycles. The molecule has 0 bridgehead atoms. The molecule has 0 unspecified atom stereocenters. The fraction of sp³-hybridized carbons (Fsp3) is 0.682. The van der Waals surface area contributed by atoms with Gasteiger partial charge in [0.1, 0.15) is 0 Å². The Morgan fingerprint density at radius 1 is 1.33 bits per heavy atom. The molecule has 0 aromatic heterocycles. The zero-order chi connectivity index (χ0) is 20.0. The summed E-state index contributed by atoms with van der Waals surface area (Å²) in [6.07, 6.45) is 7.19. The van der Waals surface area contributed by atoms with E-state index in [0.29, 0.717) is 18.0 Å². The van der Waals surface area contributed by atoms with Gasteiger partial charge in [0.2, 0.25) is 0 Å². The molecule has 0 spiro atoms. The highest BCUT2D eigenvalue weighted by Crippen LogP contribution is 2.35. The highest BCUT2D eigenvalue weighted by atomic mass is 16.5. The summed E-state index contributed by atoms with van der Waals surface area (Å²) in [4.78, 5) is 11.6. The van der Waals surface area contributed by atoms with Crippen molar-refractivity contribution in [2.45, 2.75) is 83.3 Å². The Morgan fingerprint density at radius 2 is 2.00 bits per heavy atom. The summed E-state index contributed by atoms with van der Waals surface area (Å²) in [5.74, 6) is 0.333. The average molecular weight is 377 g/mol. The Hall–Kier alpha value is -1.75. The molecule has 1 aromatic rings. The molecular weight excluding hydrogens is 340 g/mol. The van der Waals surface area contributed by atoms with E-state index in [1.54, 1.807) is 0 Å². The lowest BCUT2D eigenvalue weighted by molar-refractivity contribution is -0.141. The van der Waals surface area contributed by atoms with Gasteiger partial charge in [0.05, 0.1) is 36.5 Å². The van der Waals surface area contributed by atoms with Crippen LogP contribution in [0.3, 0.4) is 0 Å². The van der Waals surface area contributed by atoms with E-state index < -0.39 is 5.60 Å². The third-order valence-electron chi connectivity index (χ3n) is 5.87. The number of carbonyl (C=O) groups is 1. The molecule has 5 heteroatoms. The number of rotatable bonds is 8. The summed E-state index contributed by atoms with van der Waals surface area (Å²) in [7, 11) is 1.42. The van der Waals surface area contributed by atoms with Gasteiger partial charge in [-0.3, -0.25) is 4.79 Å². The number of anilines is 2. The van der Waals surface area contributed by atoms with E-state index in [1.807, 2.05) is 32.0 Å². The van der Waals surface area contributed by atoms with Gasteiger partial charge >= 0.3 is 5.97 Å². The quantitative estimate of drug-likeness (QED) is 0.461. The zero-order valence-corrected chi connectivity index (χ0v) is 17.3. The Labute approximate surface area is 163 Å². The Morgan fingerprint density at radius 3 is 2.52 bits per heavy atom. The van der Waals surface area contributed by atoms with Gasteiger partial charge in [-0.1, -0.05) is 32.3 Å². The maximum absolute atomic E-state index is 11.6. The molecule has 27 heavy (non-hydrogen) atoms. The Bertz CT molecular complexity index is 618. The zero-order valence-electron chi connectivity index (χ0n) is 17.3. The van der Waals surface area contributed by atoms with Crippen LogP contribution < -0.4 is 11.1 Å². The molecular formula is C22H36N2O3. The normalized spacial score (nSPS) is 18.0. The van der Waals surface area contributed by atoms with Gasteiger partial charge in [0.25, 0.3) is 0 Å². The number of hydrogen-bond donors (Lipinski definition) is 3. The highest BCUT2D eigenvalue weighted by molar-refractivity contribution is 5.72. The highest BCUT2D eigenvalue weighted by Gasteiger charge is 2.35. The number of ether oxygens (including phenoxy) is 1. The molecule has 4 N–H and O–H groups in total. The largest absolute Gasteiger partial charge is 0.469 e. The van der Waals surface area contributed by atoms with Crippen LogP contribution in [0.15, 0.2) is 18.2 Å². The Balaban J connectivity index is 2.18. The van der Waals surface area contributed by atoms with Crippen LogP contribution in [0.2, 0.25) is 0 Å². The van der Waals surface area contributed by atoms with Crippen molar-refractivity contribution in [3.63, 3.8) is 0 Å². The second kappa shape index (κ2) is 9.45. The lowest BCUT2D eigenvalue weighted by atomic mass is 9.77. The van der Waals surface area contributed by atoms with E-state index in [4.69, 9.17) is 10.5 Å². The van der Waals surface area contributed by atoms with Crippen LogP contribution in [0.5, 0.6) is 0 Å². The minimum Gasteiger partial charge on any atom is -0.469 e.